The van der Waals surface area contributed by atoms with Crippen LogP contribution in [0, 0.1) is 11.2 Å². The summed E-state index contributed by atoms with van der Waals surface area (Å²) in [7, 11) is 4.10. The number of nitrogens with one attached hydrogen (secondary N) is 2. The first-order valence-electron chi connectivity index (χ1n) is 15.5. The van der Waals surface area contributed by atoms with Crippen LogP contribution >= 0.6 is 0 Å². The number of hydrogen-bond acceptors (Lipinski definition) is 8. The Morgan fingerprint density at radius 1 is 1.11 bits per heavy atom. The summed E-state index contributed by atoms with van der Waals surface area (Å²) >= 11 is 0. The van der Waals surface area contributed by atoms with Gasteiger partial charge in [0.2, 0.25) is 0 Å². The van der Waals surface area contributed by atoms with Crippen LogP contribution in [0.4, 0.5) is 20.3 Å². The molecule has 8 nitrogen and oxygen atoms in total. The van der Waals surface area contributed by atoms with Crippen molar-refractivity contribution in [1.82, 2.24) is 20.1 Å². The molecule has 10 heteroatoms. The second-order valence-corrected chi connectivity index (χ2v) is 12.9. The molecule has 1 aromatic heterocycles. The van der Waals surface area contributed by atoms with Gasteiger partial charge in [0, 0.05) is 23.8 Å². The molecule has 1 aromatic carbocycles. The van der Waals surface area contributed by atoms with Gasteiger partial charge >= 0.3 is 0 Å². The molecule has 0 unspecified atom stereocenters. The lowest BCUT2D eigenvalue weighted by atomic mass is 9.71. The van der Waals surface area contributed by atoms with E-state index in [4.69, 9.17) is 0 Å². The van der Waals surface area contributed by atoms with Crippen molar-refractivity contribution < 1.29 is 8.78 Å². The van der Waals surface area contributed by atoms with Gasteiger partial charge in [0.05, 0.1) is 6.20 Å². The topological polar surface area (TPSA) is 80.5 Å². The number of benzene rings is 1. The third-order valence-corrected chi connectivity index (χ3v) is 9.39. The molecule has 2 aliphatic rings. The molecule has 44 heavy (non-hydrogen) atoms. The first kappa shape index (κ1) is 33.6. The monoisotopic (exact) mass is 606 g/mol. The molecule has 4 rings (SSSR count). The van der Waals surface area contributed by atoms with E-state index in [1.54, 1.807) is 6.07 Å². The third kappa shape index (κ3) is 8.86. The van der Waals surface area contributed by atoms with Crippen LogP contribution in [0.2, 0.25) is 0 Å². The van der Waals surface area contributed by atoms with Crippen LogP contribution in [0.15, 0.2) is 57.5 Å². The standard InChI is InChI=1S/C34H48F2N8/c1-33(2,39-5)10-9-26-19-27(20-28(35)31(26)38-4)32(29(36)22-37-3)42-24-41-30-8-7-25(21-40-30)23-44-17-13-34(14-18-44)11-15-43(6)16-12-34/h7-8,19-22,39H,3-4,9-18,23-24H2,1-2,5-6H3,(H,40,41)/b29-22+,42-32-. The Morgan fingerprint density at radius 2 is 1.82 bits per heavy atom. The second kappa shape index (κ2) is 15.1. The van der Waals surface area contributed by atoms with Gasteiger partial charge in [0.25, 0.3) is 0 Å². The summed E-state index contributed by atoms with van der Waals surface area (Å²) in [6.45, 7) is 16.6. The number of piperidine rings is 2. The maximum atomic E-state index is 15.1. The molecule has 0 atom stereocenters. The summed E-state index contributed by atoms with van der Waals surface area (Å²) in [6.07, 6.45) is 9.26. The molecule has 2 saturated heterocycles. The van der Waals surface area contributed by atoms with E-state index in [0.29, 0.717) is 35.2 Å². The zero-order valence-corrected chi connectivity index (χ0v) is 26.8. The third-order valence-electron chi connectivity index (χ3n) is 9.39. The number of nitrogens with zero attached hydrogens (tertiary/aromatic N) is 6. The smallest absolute Gasteiger partial charge is 0.167 e. The van der Waals surface area contributed by atoms with E-state index in [9.17, 15) is 0 Å². The molecule has 1 spiro atoms. The van der Waals surface area contributed by atoms with Gasteiger partial charge in [-0.15, -0.1) is 0 Å². The lowest BCUT2D eigenvalue weighted by Crippen LogP contribution is -2.45. The Bertz CT molecular complexity index is 1330. The predicted molar refractivity (Wildman–Crippen MR) is 179 cm³/mol. The van der Waals surface area contributed by atoms with Crippen LogP contribution in [0.1, 0.15) is 62.6 Å². The number of allylic oxidation sites excluding steroid dienone is 1. The van der Waals surface area contributed by atoms with E-state index in [1.165, 1.54) is 44.8 Å². The highest BCUT2D eigenvalue weighted by Gasteiger charge is 2.36. The van der Waals surface area contributed by atoms with Crippen molar-refractivity contribution in [2.45, 2.75) is 64.5 Å². The Hall–Kier alpha value is -3.34. The summed E-state index contributed by atoms with van der Waals surface area (Å²) in [4.78, 5) is 21.4. The number of rotatable bonds is 13. The zero-order valence-electron chi connectivity index (χ0n) is 26.8. The summed E-state index contributed by atoms with van der Waals surface area (Å²) < 4.78 is 30.3. The summed E-state index contributed by atoms with van der Waals surface area (Å²) in [5.74, 6) is -0.671. The van der Waals surface area contributed by atoms with Gasteiger partial charge in [-0.05, 0) is 141 Å². The molecular formula is C34H48F2N8. The number of pyridine rings is 1. The molecule has 0 amide bonds. The number of aliphatic imine (C=N–C) groups is 3. The van der Waals surface area contributed by atoms with Gasteiger partial charge in [-0.1, -0.05) is 6.07 Å². The van der Waals surface area contributed by atoms with E-state index in [-0.39, 0.29) is 23.6 Å². The molecule has 3 heterocycles. The second-order valence-electron chi connectivity index (χ2n) is 12.9. The number of aromatic nitrogens is 1. The number of halogens is 2. The van der Waals surface area contributed by atoms with E-state index in [2.05, 4.69) is 80.8 Å². The van der Waals surface area contributed by atoms with Crippen LogP contribution in [-0.4, -0.2) is 86.4 Å². The summed E-state index contributed by atoms with van der Waals surface area (Å²) in [5.41, 5.74) is 2.58. The largest absolute Gasteiger partial charge is 0.351 e. The van der Waals surface area contributed by atoms with Crippen LogP contribution in [0.3, 0.4) is 0 Å². The fraction of sp³-hybridized carbons (Fsp3) is 0.529. The van der Waals surface area contributed by atoms with Crippen LogP contribution in [-0.2, 0) is 13.0 Å². The van der Waals surface area contributed by atoms with Crippen molar-refractivity contribution in [2.24, 2.45) is 20.4 Å². The maximum absolute atomic E-state index is 15.1. The van der Waals surface area contributed by atoms with Crippen molar-refractivity contribution >= 4 is 30.7 Å². The van der Waals surface area contributed by atoms with Gasteiger partial charge in [0.1, 0.15) is 29.7 Å². The zero-order chi connectivity index (χ0) is 31.7. The fourth-order valence-corrected chi connectivity index (χ4v) is 6.04. The van der Waals surface area contributed by atoms with Crippen molar-refractivity contribution in [1.29, 1.82) is 0 Å². The lowest BCUT2D eigenvalue weighted by molar-refractivity contribution is 0.0400. The van der Waals surface area contributed by atoms with Crippen LogP contribution in [0.5, 0.6) is 0 Å². The SMILES string of the molecule is C=N/C=C(F)\C(=N/CNc1ccc(CN2CCC3(CCN(C)CC3)CC2)cn1)c1cc(F)c(N=C)c(CCC(C)(C)NC)c1. The van der Waals surface area contributed by atoms with Crippen LogP contribution < -0.4 is 10.6 Å². The molecule has 2 aliphatic heterocycles. The quantitative estimate of drug-likeness (QED) is 0.267. The van der Waals surface area contributed by atoms with Gasteiger partial charge in [0.15, 0.2) is 5.83 Å². The predicted octanol–water partition coefficient (Wildman–Crippen LogP) is 6.16. The van der Waals surface area contributed by atoms with Crippen LogP contribution in [0.25, 0.3) is 0 Å². The molecule has 0 saturated carbocycles. The van der Waals surface area contributed by atoms with Crippen molar-refractivity contribution in [3.63, 3.8) is 0 Å². The number of anilines is 1. The Balaban J connectivity index is 1.40. The highest BCUT2D eigenvalue weighted by atomic mass is 19.1. The normalized spacial score (nSPS) is 18.4. The number of likely N-dealkylation sites (tertiary alicyclic amines) is 2. The summed E-state index contributed by atoms with van der Waals surface area (Å²) in [6, 6.07) is 6.93. The van der Waals surface area contributed by atoms with Gasteiger partial charge in [-0.2, -0.15) is 0 Å². The minimum atomic E-state index is -0.714. The molecule has 0 aliphatic carbocycles. The van der Waals surface area contributed by atoms with Crippen molar-refractivity contribution in [2.75, 3.05) is 52.3 Å². The van der Waals surface area contributed by atoms with E-state index in [0.717, 1.165) is 31.4 Å². The number of aryl methyl sites for hydroxylation is 1. The highest BCUT2D eigenvalue weighted by molar-refractivity contribution is 6.11. The molecular weight excluding hydrogens is 558 g/mol. The van der Waals surface area contributed by atoms with E-state index >= 15 is 8.78 Å². The van der Waals surface area contributed by atoms with Gasteiger partial charge in [-0.3, -0.25) is 19.9 Å². The minimum absolute atomic E-state index is 0.0300. The minimum Gasteiger partial charge on any atom is -0.351 e. The first-order chi connectivity index (χ1) is 21.1. The summed E-state index contributed by atoms with van der Waals surface area (Å²) in [5, 5.41) is 6.38. The number of hydrogen-bond donors (Lipinski definition) is 2. The lowest BCUT2D eigenvalue weighted by Gasteiger charge is -2.46. The average Bonchev–Trinajstić information content (AvgIpc) is 3.01. The molecule has 238 valence electrons. The first-order valence-corrected chi connectivity index (χ1v) is 15.5. The van der Waals surface area contributed by atoms with Crippen molar-refractivity contribution in [3.8, 4) is 0 Å². The Morgan fingerprint density at radius 3 is 2.43 bits per heavy atom. The van der Waals surface area contributed by atoms with Crippen molar-refractivity contribution in [3.05, 3.63) is 65.0 Å². The molecule has 2 aromatic rings. The van der Waals surface area contributed by atoms with E-state index in [1.807, 2.05) is 19.3 Å². The van der Waals surface area contributed by atoms with Gasteiger partial charge < -0.3 is 15.5 Å². The molecule has 0 bridgehead atoms. The fourth-order valence-electron chi connectivity index (χ4n) is 6.04. The maximum Gasteiger partial charge on any atom is 0.167 e. The van der Waals surface area contributed by atoms with Gasteiger partial charge in [-0.25, -0.2) is 13.8 Å². The Kier molecular flexibility index (Phi) is 11.5. The molecule has 2 N–H and O–H groups in total. The van der Waals surface area contributed by atoms with E-state index < -0.39 is 11.6 Å². The Labute approximate surface area is 261 Å². The molecule has 0 radical (unpaired) electrons. The molecule has 2 fully saturated rings. The highest BCUT2D eigenvalue weighted by Crippen LogP contribution is 2.41. The average molecular weight is 607 g/mol.